The number of carbonyl (C=O) groups excluding carboxylic acids is 3. The number of halogens is 1. The Morgan fingerprint density at radius 3 is 2.58 bits per heavy atom. The summed E-state index contributed by atoms with van der Waals surface area (Å²) >= 11 is 3.41. The number of benzene rings is 2. The lowest BCUT2D eigenvalue weighted by atomic mass is 9.96. The Bertz CT molecular complexity index is 981. The molecule has 0 spiro atoms. The summed E-state index contributed by atoms with van der Waals surface area (Å²) in [6, 6.07) is 14.4. The van der Waals surface area contributed by atoms with Crippen molar-refractivity contribution in [1.82, 2.24) is 10.2 Å². The largest absolute Gasteiger partial charge is 0.427 e. The van der Waals surface area contributed by atoms with E-state index in [1.807, 2.05) is 24.3 Å². The van der Waals surface area contributed by atoms with E-state index in [1.54, 1.807) is 35.2 Å². The summed E-state index contributed by atoms with van der Waals surface area (Å²) < 4.78 is 6.03. The third-order valence-electron chi connectivity index (χ3n) is 5.09. The van der Waals surface area contributed by atoms with Gasteiger partial charge in [-0.3, -0.25) is 14.4 Å². The van der Waals surface area contributed by atoms with E-state index in [9.17, 15) is 14.4 Å². The van der Waals surface area contributed by atoms with Crippen LogP contribution in [0, 0.1) is 5.92 Å². The van der Waals surface area contributed by atoms with Gasteiger partial charge in [-0.1, -0.05) is 34.1 Å². The maximum absolute atomic E-state index is 12.8. The van der Waals surface area contributed by atoms with E-state index in [4.69, 9.17) is 4.74 Å². The first-order chi connectivity index (χ1) is 14.9. The Balaban J connectivity index is 1.44. The van der Waals surface area contributed by atoms with Gasteiger partial charge in [-0.2, -0.15) is 0 Å². The Morgan fingerprint density at radius 2 is 1.87 bits per heavy atom. The number of ether oxygens (including phenoxy) is 1. The molecule has 0 bridgehead atoms. The summed E-state index contributed by atoms with van der Waals surface area (Å²) in [5, 5.41) is 2.95. The molecule has 7 heteroatoms. The average molecular weight is 485 g/mol. The maximum atomic E-state index is 12.8. The SMILES string of the molecule is CC(=O)Oc1cccc(C(=O)N2CCC(CNC(=O)/C=C/c3cccc(Br)c3)CC2)c1. The van der Waals surface area contributed by atoms with Crippen molar-refractivity contribution in [2.24, 2.45) is 5.92 Å². The Morgan fingerprint density at radius 1 is 1.13 bits per heavy atom. The highest BCUT2D eigenvalue weighted by Crippen LogP contribution is 2.21. The highest BCUT2D eigenvalue weighted by Gasteiger charge is 2.24. The highest BCUT2D eigenvalue weighted by atomic mass is 79.9. The molecule has 1 heterocycles. The quantitative estimate of drug-likeness (QED) is 0.381. The van der Waals surface area contributed by atoms with E-state index in [0.29, 0.717) is 36.9 Å². The number of rotatable bonds is 6. The average Bonchev–Trinajstić information content (AvgIpc) is 2.76. The zero-order valence-electron chi connectivity index (χ0n) is 17.3. The second kappa shape index (κ2) is 10.9. The van der Waals surface area contributed by atoms with Crippen molar-refractivity contribution in [3.8, 4) is 5.75 Å². The minimum Gasteiger partial charge on any atom is -0.427 e. The zero-order chi connectivity index (χ0) is 22.2. The predicted molar refractivity (Wildman–Crippen MR) is 123 cm³/mol. The first kappa shape index (κ1) is 22.7. The van der Waals surface area contributed by atoms with Gasteiger partial charge >= 0.3 is 5.97 Å². The van der Waals surface area contributed by atoms with Gasteiger partial charge in [0.1, 0.15) is 5.75 Å². The van der Waals surface area contributed by atoms with Crippen molar-refractivity contribution in [1.29, 1.82) is 0 Å². The van der Waals surface area contributed by atoms with E-state index in [2.05, 4.69) is 21.2 Å². The van der Waals surface area contributed by atoms with Gasteiger partial charge in [0.15, 0.2) is 0 Å². The standard InChI is InChI=1S/C24H25BrN2O4/c1-17(28)31-22-7-3-5-20(15-22)24(30)27-12-10-19(11-13-27)16-26-23(29)9-8-18-4-2-6-21(25)14-18/h2-9,14-15,19H,10-13,16H2,1H3,(H,26,29)/b9-8+. The maximum Gasteiger partial charge on any atom is 0.308 e. The second-order valence-corrected chi connectivity index (χ2v) is 8.41. The lowest BCUT2D eigenvalue weighted by Gasteiger charge is -2.32. The molecular formula is C24H25BrN2O4. The van der Waals surface area contributed by atoms with E-state index >= 15 is 0 Å². The monoisotopic (exact) mass is 484 g/mol. The number of esters is 1. The Kier molecular flexibility index (Phi) is 8.00. The first-order valence-electron chi connectivity index (χ1n) is 10.2. The molecule has 1 fully saturated rings. The zero-order valence-corrected chi connectivity index (χ0v) is 18.9. The third kappa shape index (κ3) is 7.07. The molecule has 1 aliphatic heterocycles. The van der Waals surface area contributed by atoms with Gasteiger partial charge in [-0.15, -0.1) is 0 Å². The van der Waals surface area contributed by atoms with Gasteiger partial charge in [0.05, 0.1) is 0 Å². The Hall–Kier alpha value is -2.93. The van der Waals surface area contributed by atoms with Gasteiger partial charge in [0.25, 0.3) is 5.91 Å². The molecule has 0 aliphatic carbocycles. The number of hydrogen-bond donors (Lipinski definition) is 1. The van der Waals surface area contributed by atoms with Crippen LogP contribution in [0.3, 0.4) is 0 Å². The van der Waals surface area contributed by atoms with Crippen LogP contribution < -0.4 is 10.1 Å². The lowest BCUT2D eigenvalue weighted by molar-refractivity contribution is -0.131. The van der Waals surface area contributed by atoms with Crippen LogP contribution in [0.15, 0.2) is 59.1 Å². The fraction of sp³-hybridized carbons (Fsp3) is 0.292. The van der Waals surface area contributed by atoms with Crippen LogP contribution in [0.5, 0.6) is 5.75 Å². The van der Waals surface area contributed by atoms with Crippen LogP contribution in [0.4, 0.5) is 0 Å². The number of amides is 2. The van der Waals surface area contributed by atoms with Gasteiger partial charge in [-0.05, 0) is 60.7 Å². The minimum absolute atomic E-state index is 0.0755. The molecule has 0 unspecified atom stereocenters. The fourth-order valence-corrected chi connectivity index (χ4v) is 3.88. The van der Waals surface area contributed by atoms with Crippen LogP contribution in [-0.4, -0.2) is 42.3 Å². The van der Waals surface area contributed by atoms with Crippen molar-refractivity contribution in [2.45, 2.75) is 19.8 Å². The smallest absolute Gasteiger partial charge is 0.308 e. The number of nitrogens with one attached hydrogen (secondary N) is 1. The lowest BCUT2D eigenvalue weighted by Crippen LogP contribution is -2.41. The number of hydrogen-bond acceptors (Lipinski definition) is 4. The molecule has 1 N–H and O–H groups in total. The summed E-state index contributed by atoms with van der Waals surface area (Å²) in [6.45, 7) is 3.18. The molecular weight excluding hydrogens is 460 g/mol. The fourth-order valence-electron chi connectivity index (χ4n) is 3.47. The summed E-state index contributed by atoms with van der Waals surface area (Å²) in [6.07, 6.45) is 4.97. The minimum atomic E-state index is -0.418. The normalized spacial score (nSPS) is 14.5. The van der Waals surface area contributed by atoms with Crippen molar-refractivity contribution >= 4 is 39.8 Å². The predicted octanol–water partition coefficient (Wildman–Crippen LogP) is 4.06. The van der Waals surface area contributed by atoms with E-state index < -0.39 is 5.97 Å². The topological polar surface area (TPSA) is 75.7 Å². The molecule has 0 aromatic heterocycles. The second-order valence-electron chi connectivity index (χ2n) is 7.49. The first-order valence-corrected chi connectivity index (χ1v) is 11.0. The number of piperidine rings is 1. The van der Waals surface area contributed by atoms with Gasteiger partial charge in [0.2, 0.25) is 5.91 Å². The van der Waals surface area contributed by atoms with Crippen LogP contribution in [0.25, 0.3) is 6.08 Å². The molecule has 0 saturated carbocycles. The molecule has 2 aromatic rings. The summed E-state index contributed by atoms with van der Waals surface area (Å²) in [5.41, 5.74) is 1.46. The number of nitrogens with zero attached hydrogens (tertiary/aromatic N) is 1. The van der Waals surface area contributed by atoms with Crippen LogP contribution >= 0.6 is 15.9 Å². The van der Waals surface area contributed by atoms with Crippen molar-refractivity contribution in [2.75, 3.05) is 19.6 Å². The molecule has 31 heavy (non-hydrogen) atoms. The Labute approximate surface area is 190 Å². The highest BCUT2D eigenvalue weighted by molar-refractivity contribution is 9.10. The summed E-state index contributed by atoms with van der Waals surface area (Å²) in [4.78, 5) is 37.8. The molecule has 3 rings (SSSR count). The van der Waals surface area contributed by atoms with E-state index in [1.165, 1.54) is 13.0 Å². The molecule has 162 valence electrons. The van der Waals surface area contributed by atoms with Crippen LogP contribution in [0.2, 0.25) is 0 Å². The molecule has 0 radical (unpaired) electrons. The van der Waals surface area contributed by atoms with Crippen LogP contribution in [-0.2, 0) is 9.59 Å². The molecule has 1 saturated heterocycles. The summed E-state index contributed by atoms with van der Waals surface area (Å²) in [5.74, 6) is 0.0830. The number of likely N-dealkylation sites (tertiary alicyclic amines) is 1. The van der Waals surface area contributed by atoms with Gasteiger partial charge in [0, 0.05) is 42.7 Å². The third-order valence-corrected chi connectivity index (χ3v) is 5.58. The van der Waals surface area contributed by atoms with Crippen molar-refractivity contribution in [3.63, 3.8) is 0 Å². The van der Waals surface area contributed by atoms with Crippen molar-refractivity contribution in [3.05, 3.63) is 70.2 Å². The van der Waals surface area contributed by atoms with Gasteiger partial charge < -0.3 is 15.0 Å². The molecule has 6 nitrogen and oxygen atoms in total. The summed E-state index contributed by atoms with van der Waals surface area (Å²) in [7, 11) is 0. The molecule has 0 atom stereocenters. The van der Waals surface area contributed by atoms with E-state index in [0.717, 1.165) is 22.9 Å². The molecule has 2 aromatic carbocycles. The van der Waals surface area contributed by atoms with Gasteiger partial charge in [-0.25, -0.2) is 0 Å². The molecule has 1 aliphatic rings. The van der Waals surface area contributed by atoms with Crippen molar-refractivity contribution < 1.29 is 19.1 Å². The van der Waals surface area contributed by atoms with Crippen LogP contribution in [0.1, 0.15) is 35.7 Å². The van der Waals surface area contributed by atoms with E-state index in [-0.39, 0.29) is 11.8 Å². The number of carbonyl (C=O) groups is 3. The molecule has 2 amide bonds.